The maximum Gasteiger partial charge on any atom is 0.306 e. The Morgan fingerprint density at radius 3 is 2.50 bits per heavy atom. The molecular weight excluding hydrogens is 218 g/mol. The monoisotopic (exact) mass is 230 g/mol. The fraction of sp³-hybridized carbons (Fsp3) is 0.400. The van der Waals surface area contributed by atoms with Crippen LogP contribution < -0.4 is 5.73 Å². The first kappa shape index (κ1) is 12.5. The third kappa shape index (κ3) is 2.73. The predicted octanol–water partition coefficient (Wildman–Crippen LogP) is 0.965. The molecule has 1 aromatic rings. The molecule has 0 aromatic carbocycles. The number of ether oxygens (including phenoxy) is 1. The number of carbonyl (C=O) groups is 1. The van der Waals surface area contributed by atoms with Crippen LogP contribution in [-0.2, 0) is 9.53 Å². The van der Waals surface area contributed by atoms with Crippen LogP contribution >= 0.6 is 0 Å². The molecule has 0 spiro atoms. The normalized spacial score (nSPS) is 12.2. The van der Waals surface area contributed by atoms with Crippen LogP contribution in [0, 0.1) is 11.6 Å². The number of nitrogens with zero attached hydrogens (tertiary/aromatic N) is 1. The molecule has 0 saturated heterocycles. The van der Waals surface area contributed by atoms with Gasteiger partial charge in [-0.3, -0.25) is 9.78 Å². The van der Waals surface area contributed by atoms with Crippen molar-refractivity contribution in [1.82, 2.24) is 4.98 Å². The molecule has 1 atom stereocenters. The van der Waals surface area contributed by atoms with Crippen molar-refractivity contribution >= 4 is 5.97 Å². The lowest BCUT2D eigenvalue weighted by atomic mass is 9.96. The molecule has 0 fully saturated rings. The molecule has 16 heavy (non-hydrogen) atoms. The van der Waals surface area contributed by atoms with E-state index < -0.39 is 23.5 Å². The Kier molecular flexibility index (Phi) is 4.30. The Bertz CT molecular complexity index is 365. The predicted molar refractivity (Wildman–Crippen MR) is 52.6 cm³/mol. The van der Waals surface area contributed by atoms with E-state index in [9.17, 15) is 13.6 Å². The molecule has 2 N–H and O–H groups in total. The van der Waals surface area contributed by atoms with Gasteiger partial charge in [0, 0.05) is 11.5 Å². The smallest absolute Gasteiger partial charge is 0.306 e. The molecule has 0 amide bonds. The molecule has 0 aliphatic rings. The van der Waals surface area contributed by atoms with Crippen molar-refractivity contribution in [2.75, 3.05) is 13.7 Å². The zero-order valence-electron chi connectivity index (χ0n) is 8.74. The number of hydrogen-bond acceptors (Lipinski definition) is 4. The van der Waals surface area contributed by atoms with Crippen LogP contribution in [0.3, 0.4) is 0 Å². The van der Waals surface area contributed by atoms with Gasteiger partial charge in [0.05, 0.1) is 25.9 Å². The highest BCUT2D eigenvalue weighted by Crippen LogP contribution is 2.24. The molecule has 0 aliphatic heterocycles. The van der Waals surface area contributed by atoms with Gasteiger partial charge in [-0.15, -0.1) is 0 Å². The Labute approximate surface area is 91.4 Å². The van der Waals surface area contributed by atoms with Crippen LogP contribution in [0.2, 0.25) is 0 Å². The van der Waals surface area contributed by atoms with Crippen LogP contribution in [-0.4, -0.2) is 24.6 Å². The van der Waals surface area contributed by atoms with Gasteiger partial charge in [0.2, 0.25) is 0 Å². The van der Waals surface area contributed by atoms with E-state index in [1.165, 1.54) is 7.11 Å². The first-order valence-electron chi connectivity index (χ1n) is 4.66. The lowest BCUT2D eigenvalue weighted by molar-refractivity contribution is -0.141. The van der Waals surface area contributed by atoms with Crippen LogP contribution in [0.25, 0.3) is 0 Å². The number of rotatable bonds is 4. The highest BCUT2D eigenvalue weighted by Gasteiger charge is 2.22. The first-order chi connectivity index (χ1) is 7.60. The SMILES string of the molecule is COC(=O)CC(CN)c1c(F)cncc1F. The lowest BCUT2D eigenvalue weighted by Crippen LogP contribution is -2.19. The topological polar surface area (TPSA) is 65.2 Å². The van der Waals surface area contributed by atoms with Crippen molar-refractivity contribution in [2.24, 2.45) is 5.73 Å². The number of nitrogens with two attached hydrogens (primary N) is 1. The van der Waals surface area contributed by atoms with Gasteiger partial charge in [-0.25, -0.2) is 8.78 Å². The van der Waals surface area contributed by atoms with E-state index in [4.69, 9.17) is 5.73 Å². The summed E-state index contributed by atoms with van der Waals surface area (Å²) in [5, 5.41) is 0. The third-order valence-corrected chi connectivity index (χ3v) is 2.22. The maximum absolute atomic E-state index is 13.3. The van der Waals surface area contributed by atoms with Crippen molar-refractivity contribution < 1.29 is 18.3 Å². The largest absolute Gasteiger partial charge is 0.469 e. The molecule has 0 radical (unpaired) electrons. The molecule has 0 aliphatic carbocycles. The van der Waals surface area contributed by atoms with Crippen LogP contribution in [0.4, 0.5) is 8.78 Å². The van der Waals surface area contributed by atoms with Crippen molar-refractivity contribution in [3.05, 3.63) is 29.6 Å². The van der Waals surface area contributed by atoms with E-state index in [0.717, 1.165) is 12.4 Å². The molecular formula is C10H12F2N2O2. The molecule has 4 nitrogen and oxygen atoms in total. The summed E-state index contributed by atoms with van der Waals surface area (Å²) in [6, 6.07) is 0. The van der Waals surface area contributed by atoms with Gasteiger partial charge in [-0.05, 0) is 6.54 Å². The second-order valence-corrected chi connectivity index (χ2v) is 3.23. The Morgan fingerprint density at radius 1 is 1.50 bits per heavy atom. The minimum atomic E-state index is -0.806. The lowest BCUT2D eigenvalue weighted by Gasteiger charge is -2.14. The fourth-order valence-electron chi connectivity index (χ4n) is 1.40. The zero-order valence-corrected chi connectivity index (χ0v) is 8.74. The quantitative estimate of drug-likeness (QED) is 0.782. The molecule has 88 valence electrons. The maximum atomic E-state index is 13.3. The summed E-state index contributed by atoms with van der Waals surface area (Å²) in [4.78, 5) is 14.4. The number of methoxy groups -OCH3 is 1. The molecule has 1 heterocycles. The number of hydrogen-bond donors (Lipinski definition) is 1. The van der Waals surface area contributed by atoms with E-state index >= 15 is 0 Å². The van der Waals surface area contributed by atoms with Gasteiger partial charge in [0.1, 0.15) is 11.6 Å². The second-order valence-electron chi connectivity index (χ2n) is 3.23. The zero-order chi connectivity index (χ0) is 12.1. The number of pyridine rings is 1. The number of esters is 1. The summed E-state index contributed by atoms with van der Waals surface area (Å²) in [6.07, 6.45) is 1.61. The van der Waals surface area contributed by atoms with E-state index in [-0.39, 0.29) is 18.5 Å². The minimum Gasteiger partial charge on any atom is -0.469 e. The standard InChI is InChI=1S/C10H12F2N2O2/c1-16-9(15)2-6(3-13)10-7(11)4-14-5-8(10)12/h4-6H,2-3,13H2,1H3. The van der Waals surface area contributed by atoms with Gasteiger partial charge in [0.25, 0.3) is 0 Å². The second kappa shape index (κ2) is 5.50. The van der Waals surface area contributed by atoms with E-state index in [1.54, 1.807) is 0 Å². The van der Waals surface area contributed by atoms with Crippen LogP contribution in [0.1, 0.15) is 17.9 Å². The summed E-state index contributed by atoms with van der Waals surface area (Å²) in [6.45, 7) is -0.0487. The highest BCUT2D eigenvalue weighted by molar-refractivity contribution is 5.70. The van der Waals surface area contributed by atoms with Crippen molar-refractivity contribution in [2.45, 2.75) is 12.3 Å². The molecule has 1 unspecified atom stereocenters. The summed E-state index contributed by atoms with van der Waals surface area (Å²) >= 11 is 0. The van der Waals surface area contributed by atoms with E-state index in [1.807, 2.05) is 0 Å². The van der Waals surface area contributed by atoms with E-state index in [2.05, 4.69) is 9.72 Å². The Morgan fingerprint density at radius 2 is 2.06 bits per heavy atom. The number of carbonyl (C=O) groups excluding carboxylic acids is 1. The van der Waals surface area contributed by atoms with Gasteiger partial charge < -0.3 is 10.5 Å². The van der Waals surface area contributed by atoms with Gasteiger partial charge in [-0.2, -0.15) is 0 Å². The molecule has 0 saturated carbocycles. The number of aromatic nitrogens is 1. The van der Waals surface area contributed by atoms with Crippen LogP contribution in [0.5, 0.6) is 0 Å². The van der Waals surface area contributed by atoms with Gasteiger partial charge in [0.15, 0.2) is 0 Å². The van der Waals surface area contributed by atoms with Crippen molar-refractivity contribution in [3.63, 3.8) is 0 Å². The molecule has 1 aromatic heterocycles. The van der Waals surface area contributed by atoms with Gasteiger partial charge >= 0.3 is 5.97 Å². The molecule has 1 rings (SSSR count). The molecule has 6 heteroatoms. The third-order valence-electron chi connectivity index (χ3n) is 2.22. The van der Waals surface area contributed by atoms with Gasteiger partial charge in [-0.1, -0.05) is 0 Å². The average molecular weight is 230 g/mol. The first-order valence-corrected chi connectivity index (χ1v) is 4.66. The minimum absolute atomic E-state index is 0.0487. The van der Waals surface area contributed by atoms with Crippen LogP contribution in [0.15, 0.2) is 12.4 Å². The Hall–Kier alpha value is -1.56. The van der Waals surface area contributed by atoms with Crippen molar-refractivity contribution in [1.29, 1.82) is 0 Å². The fourth-order valence-corrected chi connectivity index (χ4v) is 1.40. The summed E-state index contributed by atoms with van der Waals surface area (Å²) in [5.74, 6) is -2.92. The molecule has 0 bridgehead atoms. The van der Waals surface area contributed by atoms with E-state index in [0.29, 0.717) is 0 Å². The summed E-state index contributed by atoms with van der Waals surface area (Å²) in [5.41, 5.74) is 5.16. The summed E-state index contributed by atoms with van der Waals surface area (Å²) < 4.78 is 31.1. The average Bonchev–Trinajstić information content (AvgIpc) is 2.27. The number of halogens is 2. The highest BCUT2D eigenvalue weighted by atomic mass is 19.1. The van der Waals surface area contributed by atoms with Crippen molar-refractivity contribution in [3.8, 4) is 0 Å². The summed E-state index contributed by atoms with van der Waals surface area (Å²) in [7, 11) is 1.20. The Balaban J connectivity index is 2.99.